The second-order valence-electron chi connectivity index (χ2n) is 6.29. The van der Waals surface area contributed by atoms with E-state index in [9.17, 15) is 5.11 Å². The molecule has 0 radical (unpaired) electrons. The van der Waals surface area contributed by atoms with Crippen molar-refractivity contribution in [2.24, 2.45) is 0 Å². The predicted octanol–water partition coefficient (Wildman–Crippen LogP) is 0.353. The van der Waals surface area contributed by atoms with Gasteiger partial charge in [-0.3, -0.25) is 4.90 Å². The van der Waals surface area contributed by atoms with Gasteiger partial charge in [-0.1, -0.05) is 0 Å². The largest absolute Gasteiger partial charge is 0.394 e. The van der Waals surface area contributed by atoms with Crippen LogP contribution in [-0.2, 0) is 4.74 Å². The minimum absolute atomic E-state index is 0.141. The van der Waals surface area contributed by atoms with Crippen LogP contribution in [0.1, 0.15) is 32.6 Å². The third kappa shape index (κ3) is 2.81. The summed E-state index contributed by atoms with van der Waals surface area (Å²) in [6, 6.07) is 0.643. The van der Waals surface area contributed by atoms with Gasteiger partial charge in [-0.25, -0.2) is 0 Å². The molecular weight excluding hydrogens is 216 g/mol. The maximum Gasteiger partial charge on any atom is 0.0707 e. The molecule has 2 N–H and O–H groups in total. The molecule has 2 heterocycles. The summed E-state index contributed by atoms with van der Waals surface area (Å²) < 4.78 is 5.84. The summed E-state index contributed by atoms with van der Waals surface area (Å²) in [4.78, 5) is 2.47. The average Bonchev–Trinajstić information content (AvgIpc) is 3.03. The van der Waals surface area contributed by atoms with Crippen LogP contribution in [0, 0.1) is 0 Å². The number of rotatable bonds is 5. The number of nitrogens with zero attached hydrogens (tertiary/aromatic N) is 1. The van der Waals surface area contributed by atoms with Gasteiger partial charge in [-0.05, 0) is 32.6 Å². The van der Waals surface area contributed by atoms with Gasteiger partial charge >= 0.3 is 0 Å². The monoisotopic (exact) mass is 240 g/mol. The lowest BCUT2D eigenvalue weighted by Crippen LogP contribution is -2.57. The first-order chi connectivity index (χ1) is 8.17. The highest BCUT2D eigenvalue weighted by atomic mass is 16.5. The fraction of sp³-hybridized carbons (Fsp3) is 1.00. The minimum atomic E-state index is -0.141. The van der Waals surface area contributed by atoms with E-state index >= 15 is 0 Å². The van der Waals surface area contributed by atoms with Crippen molar-refractivity contribution >= 4 is 0 Å². The quantitative estimate of drug-likeness (QED) is 0.728. The van der Waals surface area contributed by atoms with Crippen molar-refractivity contribution < 1.29 is 9.84 Å². The number of hydrogen-bond donors (Lipinski definition) is 2. The van der Waals surface area contributed by atoms with Crippen LogP contribution >= 0.6 is 0 Å². The van der Waals surface area contributed by atoms with Gasteiger partial charge in [0.1, 0.15) is 0 Å². The first-order valence-electron chi connectivity index (χ1n) is 6.93. The van der Waals surface area contributed by atoms with Gasteiger partial charge in [-0.2, -0.15) is 0 Å². The second-order valence-corrected chi connectivity index (χ2v) is 6.29. The Morgan fingerprint density at radius 3 is 2.41 bits per heavy atom. The average molecular weight is 240 g/mol. The van der Waals surface area contributed by atoms with Crippen LogP contribution in [0.2, 0.25) is 0 Å². The van der Waals surface area contributed by atoms with Crippen molar-refractivity contribution in [1.29, 1.82) is 0 Å². The molecule has 1 saturated carbocycles. The molecule has 0 amide bonds. The summed E-state index contributed by atoms with van der Waals surface area (Å²) in [6.07, 6.45) is 5.85. The van der Waals surface area contributed by atoms with Crippen LogP contribution in [0.15, 0.2) is 0 Å². The lowest BCUT2D eigenvalue weighted by Gasteiger charge is -2.39. The van der Waals surface area contributed by atoms with Gasteiger partial charge in [-0.15, -0.1) is 0 Å². The fourth-order valence-corrected chi connectivity index (χ4v) is 3.18. The third-order valence-corrected chi connectivity index (χ3v) is 4.17. The lowest BCUT2D eigenvalue weighted by atomic mass is 10.0. The molecular formula is C13H24N2O2. The predicted molar refractivity (Wildman–Crippen MR) is 66.0 cm³/mol. The molecule has 3 rings (SSSR count). The highest BCUT2D eigenvalue weighted by Gasteiger charge is 2.38. The van der Waals surface area contributed by atoms with Crippen LogP contribution in [0.4, 0.5) is 0 Å². The van der Waals surface area contributed by atoms with Crippen LogP contribution in [-0.4, -0.2) is 60.0 Å². The Morgan fingerprint density at radius 2 is 1.88 bits per heavy atom. The maximum absolute atomic E-state index is 9.62. The highest BCUT2D eigenvalue weighted by molar-refractivity contribution is 4.96. The Labute approximate surface area is 103 Å². The van der Waals surface area contributed by atoms with Crippen LogP contribution in [0.25, 0.3) is 0 Å². The highest BCUT2D eigenvalue weighted by Crippen LogP contribution is 2.28. The second kappa shape index (κ2) is 4.50. The van der Waals surface area contributed by atoms with Crippen molar-refractivity contribution in [2.75, 3.05) is 26.2 Å². The van der Waals surface area contributed by atoms with Crippen molar-refractivity contribution in [1.82, 2.24) is 10.2 Å². The molecule has 3 fully saturated rings. The molecule has 2 saturated heterocycles. The standard InChI is InChI=1S/C13H24N2O2/c1-13(9-16,14-10-2-3-10)8-15-6-11-4-5-12(7-15)17-11/h10-12,14,16H,2-9H2,1H3. The number of aliphatic hydroxyl groups is 1. The minimum Gasteiger partial charge on any atom is -0.394 e. The lowest BCUT2D eigenvalue weighted by molar-refractivity contribution is -0.0484. The van der Waals surface area contributed by atoms with E-state index in [2.05, 4.69) is 17.1 Å². The molecule has 0 spiro atoms. The number of nitrogens with one attached hydrogen (secondary N) is 1. The molecule has 0 aromatic heterocycles. The van der Waals surface area contributed by atoms with E-state index in [0.717, 1.165) is 19.6 Å². The van der Waals surface area contributed by atoms with E-state index in [1.54, 1.807) is 0 Å². The van der Waals surface area contributed by atoms with Gasteiger partial charge in [0.2, 0.25) is 0 Å². The maximum atomic E-state index is 9.62. The van der Waals surface area contributed by atoms with Gasteiger partial charge in [0.05, 0.1) is 24.4 Å². The van der Waals surface area contributed by atoms with Crippen molar-refractivity contribution in [3.8, 4) is 0 Å². The van der Waals surface area contributed by atoms with E-state index in [4.69, 9.17) is 4.74 Å². The SMILES string of the molecule is CC(CO)(CN1CC2CCC(C1)O2)NC1CC1. The van der Waals surface area contributed by atoms with Gasteiger partial charge < -0.3 is 15.2 Å². The van der Waals surface area contributed by atoms with Crippen LogP contribution < -0.4 is 5.32 Å². The molecule has 2 bridgehead atoms. The first-order valence-corrected chi connectivity index (χ1v) is 6.93. The number of ether oxygens (including phenoxy) is 1. The van der Waals surface area contributed by atoms with Crippen LogP contribution in [0.3, 0.4) is 0 Å². The molecule has 0 aromatic carbocycles. The molecule has 4 nitrogen and oxygen atoms in total. The topological polar surface area (TPSA) is 44.7 Å². The smallest absolute Gasteiger partial charge is 0.0707 e. The van der Waals surface area contributed by atoms with E-state index < -0.39 is 0 Å². The Hall–Kier alpha value is -0.160. The zero-order valence-electron chi connectivity index (χ0n) is 10.7. The molecule has 2 aliphatic heterocycles. The van der Waals surface area contributed by atoms with E-state index in [1.807, 2.05) is 0 Å². The molecule has 0 aromatic rings. The van der Waals surface area contributed by atoms with Gasteiger partial charge in [0, 0.05) is 25.7 Å². The Morgan fingerprint density at radius 1 is 1.24 bits per heavy atom. The summed E-state index contributed by atoms with van der Waals surface area (Å²) in [6.45, 7) is 5.38. The molecule has 3 unspecified atom stereocenters. The Bertz CT molecular complexity index is 271. The zero-order valence-corrected chi connectivity index (χ0v) is 10.7. The Kier molecular flexibility index (Phi) is 3.15. The van der Waals surface area contributed by atoms with E-state index in [-0.39, 0.29) is 12.1 Å². The first kappa shape index (κ1) is 11.9. The molecule has 17 heavy (non-hydrogen) atoms. The van der Waals surface area contributed by atoms with Crippen molar-refractivity contribution in [2.45, 2.75) is 56.4 Å². The summed E-state index contributed by atoms with van der Waals surface area (Å²) in [5.41, 5.74) is -0.141. The van der Waals surface area contributed by atoms with Crippen LogP contribution in [0.5, 0.6) is 0 Å². The van der Waals surface area contributed by atoms with Gasteiger partial charge in [0.25, 0.3) is 0 Å². The fourth-order valence-electron chi connectivity index (χ4n) is 3.18. The number of morpholine rings is 1. The third-order valence-electron chi connectivity index (χ3n) is 4.17. The number of aliphatic hydroxyl groups excluding tert-OH is 1. The Balaban J connectivity index is 1.56. The summed E-state index contributed by atoms with van der Waals surface area (Å²) in [5, 5.41) is 13.2. The normalized spacial score (nSPS) is 37.1. The zero-order chi connectivity index (χ0) is 11.9. The van der Waals surface area contributed by atoms with E-state index in [1.165, 1.54) is 25.7 Å². The molecule has 98 valence electrons. The molecule has 3 aliphatic rings. The van der Waals surface area contributed by atoms with Crippen molar-refractivity contribution in [3.63, 3.8) is 0 Å². The summed E-state index contributed by atoms with van der Waals surface area (Å²) in [5.74, 6) is 0. The van der Waals surface area contributed by atoms with E-state index in [0.29, 0.717) is 18.2 Å². The molecule has 4 heteroatoms. The number of hydrogen-bond acceptors (Lipinski definition) is 4. The molecule has 1 aliphatic carbocycles. The van der Waals surface area contributed by atoms with Crippen molar-refractivity contribution in [3.05, 3.63) is 0 Å². The number of likely N-dealkylation sites (tertiary alicyclic amines) is 1. The number of fused-ring (bicyclic) bond motifs is 2. The summed E-state index contributed by atoms with van der Waals surface area (Å²) in [7, 11) is 0. The molecule has 3 atom stereocenters. The summed E-state index contributed by atoms with van der Waals surface area (Å²) >= 11 is 0. The van der Waals surface area contributed by atoms with Gasteiger partial charge in [0.15, 0.2) is 0 Å².